The summed E-state index contributed by atoms with van der Waals surface area (Å²) in [7, 11) is 2.14. The fourth-order valence-corrected chi connectivity index (χ4v) is 2.32. The van der Waals surface area contributed by atoms with Gasteiger partial charge < -0.3 is 24.4 Å². The van der Waals surface area contributed by atoms with Gasteiger partial charge in [0.25, 0.3) is 0 Å². The number of carboxylic acids is 1. The van der Waals surface area contributed by atoms with Crippen LogP contribution in [0.25, 0.3) is 0 Å². The number of ether oxygens (including phenoxy) is 2. The zero-order valence-electron chi connectivity index (χ0n) is 10.9. The van der Waals surface area contributed by atoms with E-state index in [1.807, 2.05) is 0 Å². The number of nitrogens with zero attached hydrogens (tertiary/aromatic N) is 2. The predicted octanol–water partition coefficient (Wildman–Crippen LogP) is -0.160. The van der Waals surface area contributed by atoms with E-state index in [0.717, 1.165) is 39.1 Å². The average molecular weight is 258 g/mol. The molecular weight excluding hydrogens is 236 g/mol. The lowest BCUT2D eigenvalue weighted by atomic mass is 10.3. The summed E-state index contributed by atoms with van der Waals surface area (Å²) >= 11 is 0. The van der Waals surface area contributed by atoms with Gasteiger partial charge in [-0.2, -0.15) is 0 Å². The maximum atomic E-state index is 10.5. The van der Waals surface area contributed by atoms with Gasteiger partial charge >= 0.3 is 5.97 Å². The van der Waals surface area contributed by atoms with Crippen molar-refractivity contribution in [2.75, 3.05) is 46.4 Å². The van der Waals surface area contributed by atoms with Crippen molar-refractivity contribution < 1.29 is 19.4 Å². The highest BCUT2D eigenvalue weighted by Crippen LogP contribution is 2.17. The topological polar surface area (TPSA) is 62.2 Å². The number of rotatable bonds is 5. The summed E-state index contributed by atoms with van der Waals surface area (Å²) in [5.74, 6) is -0.830. The van der Waals surface area contributed by atoms with Crippen molar-refractivity contribution in [2.45, 2.75) is 25.2 Å². The second-order valence-electron chi connectivity index (χ2n) is 5.05. The highest BCUT2D eigenvalue weighted by atomic mass is 16.7. The van der Waals surface area contributed by atoms with Gasteiger partial charge in [-0.25, -0.2) is 0 Å². The molecule has 0 aromatic rings. The van der Waals surface area contributed by atoms with E-state index in [1.165, 1.54) is 0 Å². The van der Waals surface area contributed by atoms with Gasteiger partial charge in [0.15, 0.2) is 6.29 Å². The number of piperazine rings is 1. The third kappa shape index (κ3) is 4.20. The second-order valence-corrected chi connectivity index (χ2v) is 5.05. The molecule has 18 heavy (non-hydrogen) atoms. The van der Waals surface area contributed by atoms with Crippen molar-refractivity contribution in [3.05, 3.63) is 0 Å². The molecule has 2 aliphatic heterocycles. The van der Waals surface area contributed by atoms with Crippen LogP contribution in [-0.4, -0.2) is 79.6 Å². The molecule has 1 N–H and O–H groups in total. The van der Waals surface area contributed by atoms with Crippen LogP contribution in [0.5, 0.6) is 0 Å². The van der Waals surface area contributed by atoms with Crippen LogP contribution in [0.1, 0.15) is 12.8 Å². The van der Waals surface area contributed by atoms with Crippen LogP contribution in [-0.2, 0) is 14.3 Å². The Labute approximate surface area is 107 Å². The van der Waals surface area contributed by atoms with E-state index in [1.54, 1.807) is 0 Å². The molecule has 2 aliphatic rings. The quantitative estimate of drug-likeness (QED) is 0.739. The lowest BCUT2D eigenvalue weighted by Gasteiger charge is -2.32. The van der Waals surface area contributed by atoms with Crippen LogP contribution in [0, 0.1) is 0 Å². The molecule has 0 aromatic heterocycles. The van der Waals surface area contributed by atoms with Gasteiger partial charge in [-0.1, -0.05) is 0 Å². The molecule has 6 nitrogen and oxygen atoms in total. The summed E-state index contributed by atoms with van der Waals surface area (Å²) in [5, 5.41) is 8.67. The lowest BCUT2D eigenvalue weighted by Crippen LogP contribution is -2.45. The van der Waals surface area contributed by atoms with E-state index in [-0.39, 0.29) is 18.8 Å². The van der Waals surface area contributed by atoms with Crippen LogP contribution in [0.2, 0.25) is 0 Å². The summed E-state index contributed by atoms with van der Waals surface area (Å²) in [6.07, 6.45) is 0.346. The number of hydrogen-bond acceptors (Lipinski definition) is 5. The minimum atomic E-state index is -0.830. The first-order valence-corrected chi connectivity index (χ1v) is 6.53. The molecule has 0 bridgehead atoms. The van der Waals surface area contributed by atoms with Gasteiger partial charge in [-0.05, 0) is 7.05 Å². The van der Waals surface area contributed by atoms with Crippen LogP contribution in [0.15, 0.2) is 0 Å². The van der Waals surface area contributed by atoms with E-state index >= 15 is 0 Å². The zero-order chi connectivity index (χ0) is 13.0. The SMILES string of the molecule is CN1CCN(CCC2OCC(CC(=O)O)O2)CC1. The van der Waals surface area contributed by atoms with E-state index < -0.39 is 5.97 Å². The molecule has 0 aromatic carbocycles. The first kappa shape index (κ1) is 13.7. The van der Waals surface area contributed by atoms with Crippen LogP contribution >= 0.6 is 0 Å². The molecule has 2 saturated heterocycles. The fraction of sp³-hybridized carbons (Fsp3) is 0.917. The average Bonchev–Trinajstić information content (AvgIpc) is 2.75. The molecule has 104 valence electrons. The van der Waals surface area contributed by atoms with Crippen LogP contribution < -0.4 is 0 Å². The number of carbonyl (C=O) groups is 1. The van der Waals surface area contributed by atoms with Crippen LogP contribution in [0.3, 0.4) is 0 Å². The van der Waals surface area contributed by atoms with Crippen molar-refractivity contribution in [3.8, 4) is 0 Å². The third-order valence-corrected chi connectivity index (χ3v) is 3.49. The molecule has 2 unspecified atom stereocenters. The largest absolute Gasteiger partial charge is 0.481 e. The molecule has 0 saturated carbocycles. The zero-order valence-corrected chi connectivity index (χ0v) is 10.9. The third-order valence-electron chi connectivity index (χ3n) is 3.49. The summed E-state index contributed by atoms with van der Waals surface area (Å²) in [6, 6.07) is 0. The monoisotopic (exact) mass is 258 g/mol. The summed E-state index contributed by atoms with van der Waals surface area (Å²) in [6.45, 7) is 5.74. The molecule has 6 heteroatoms. The fourth-order valence-electron chi connectivity index (χ4n) is 2.32. The van der Waals surface area contributed by atoms with E-state index in [2.05, 4.69) is 16.8 Å². The maximum Gasteiger partial charge on any atom is 0.306 e. The molecule has 2 heterocycles. The van der Waals surface area contributed by atoms with Gasteiger partial charge in [0.2, 0.25) is 0 Å². The second kappa shape index (κ2) is 6.47. The first-order valence-electron chi connectivity index (χ1n) is 6.53. The number of carboxylic acid groups (broad SMARTS) is 1. The summed E-state index contributed by atoms with van der Waals surface area (Å²) in [4.78, 5) is 15.3. The highest BCUT2D eigenvalue weighted by Gasteiger charge is 2.28. The Morgan fingerprint density at radius 2 is 2.06 bits per heavy atom. The van der Waals surface area contributed by atoms with Crippen molar-refractivity contribution in [1.82, 2.24) is 9.80 Å². The Morgan fingerprint density at radius 1 is 1.33 bits per heavy atom. The molecule has 2 atom stereocenters. The van der Waals surface area contributed by atoms with Crippen molar-refractivity contribution in [2.24, 2.45) is 0 Å². The Hall–Kier alpha value is -0.690. The molecule has 2 fully saturated rings. The number of hydrogen-bond donors (Lipinski definition) is 1. The van der Waals surface area contributed by atoms with Crippen molar-refractivity contribution in [3.63, 3.8) is 0 Å². The molecule has 0 amide bonds. The summed E-state index contributed by atoms with van der Waals surface area (Å²) in [5.41, 5.74) is 0. The molecule has 0 radical (unpaired) electrons. The Morgan fingerprint density at radius 3 is 2.72 bits per heavy atom. The minimum Gasteiger partial charge on any atom is -0.481 e. The van der Waals surface area contributed by atoms with E-state index in [0.29, 0.717) is 6.61 Å². The Balaban J connectivity index is 1.61. The smallest absolute Gasteiger partial charge is 0.306 e. The Bertz CT molecular complexity index is 279. The van der Waals surface area contributed by atoms with Crippen molar-refractivity contribution >= 4 is 5.97 Å². The molecule has 0 spiro atoms. The minimum absolute atomic E-state index is 0.0327. The predicted molar refractivity (Wildman–Crippen MR) is 65.4 cm³/mol. The Kier molecular flexibility index (Phi) is 4.94. The standard InChI is InChI=1S/C12H22N2O4/c1-13-4-6-14(7-5-13)3-2-12-17-9-10(18-12)8-11(15)16/h10,12H,2-9H2,1H3,(H,15,16). The molecule has 2 rings (SSSR count). The van der Waals surface area contributed by atoms with E-state index in [9.17, 15) is 4.79 Å². The number of likely N-dealkylation sites (N-methyl/N-ethyl adjacent to an activating group) is 1. The lowest BCUT2D eigenvalue weighted by molar-refractivity contribution is -0.140. The summed E-state index contributed by atoms with van der Waals surface area (Å²) < 4.78 is 11.0. The maximum absolute atomic E-state index is 10.5. The van der Waals surface area contributed by atoms with Gasteiger partial charge in [0, 0.05) is 39.1 Å². The first-order chi connectivity index (χ1) is 8.63. The van der Waals surface area contributed by atoms with Gasteiger partial charge in [0.1, 0.15) is 0 Å². The number of aliphatic carboxylic acids is 1. The molecule has 0 aliphatic carbocycles. The van der Waals surface area contributed by atoms with E-state index in [4.69, 9.17) is 14.6 Å². The van der Waals surface area contributed by atoms with Gasteiger partial charge in [0.05, 0.1) is 19.1 Å². The highest BCUT2D eigenvalue weighted by molar-refractivity contribution is 5.67. The van der Waals surface area contributed by atoms with Crippen LogP contribution in [0.4, 0.5) is 0 Å². The van der Waals surface area contributed by atoms with Crippen molar-refractivity contribution in [1.29, 1.82) is 0 Å². The normalized spacial score (nSPS) is 30.7. The van der Waals surface area contributed by atoms with Gasteiger partial charge in [-0.15, -0.1) is 0 Å². The molecular formula is C12H22N2O4. The van der Waals surface area contributed by atoms with Gasteiger partial charge in [-0.3, -0.25) is 4.79 Å².